The largest absolute Gasteiger partial charge is 0.469 e. The fourth-order valence-electron chi connectivity index (χ4n) is 6.14. The van der Waals surface area contributed by atoms with E-state index in [-0.39, 0.29) is 11.9 Å². The lowest BCUT2D eigenvalue weighted by Crippen LogP contribution is -2.46. The Morgan fingerprint density at radius 3 is 2.34 bits per heavy atom. The summed E-state index contributed by atoms with van der Waals surface area (Å²) in [4.78, 5) is 17.0. The molecule has 1 saturated heterocycles. The van der Waals surface area contributed by atoms with Crippen LogP contribution in [0, 0.1) is 11.8 Å². The van der Waals surface area contributed by atoms with Gasteiger partial charge in [0.2, 0.25) is 0 Å². The minimum absolute atomic E-state index is 0.0509. The molecule has 2 aromatic rings. The Kier molecular flexibility index (Phi) is 8.35. The average Bonchev–Trinajstić information content (AvgIpc) is 3.43. The molecule has 6 nitrogen and oxygen atoms in total. The summed E-state index contributed by atoms with van der Waals surface area (Å²) in [6.45, 7) is 5.85. The van der Waals surface area contributed by atoms with E-state index in [4.69, 9.17) is 4.74 Å². The van der Waals surface area contributed by atoms with Gasteiger partial charge >= 0.3 is 5.97 Å². The Morgan fingerprint density at radius 2 is 1.66 bits per heavy atom. The van der Waals surface area contributed by atoms with Crippen molar-refractivity contribution in [3.8, 4) is 10.6 Å². The molecule has 7 heteroatoms. The van der Waals surface area contributed by atoms with E-state index >= 15 is 0 Å². The van der Waals surface area contributed by atoms with E-state index in [0.717, 1.165) is 60.3 Å². The van der Waals surface area contributed by atoms with Crippen LogP contribution >= 0.6 is 11.3 Å². The predicted molar refractivity (Wildman–Crippen MR) is 142 cm³/mol. The molecule has 1 aromatic heterocycles. The second-order valence-corrected chi connectivity index (χ2v) is 11.7. The first kappa shape index (κ1) is 24.7. The number of aromatic nitrogens is 2. The monoisotopic (exact) mass is 496 g/mol. The standard InChI is InChI=1S/C28H40N4O2S/c1-34-28(33)24-9-7-22(8-10-24)26-29-30-27(35-26)23-11-13-25(14-12-23)32-19-17-31(18-20-32)16-15-21-5-3-2-4-6-21/h11-14,21-22,24H,2-10,15-20H2,1H3. The minimum Gasteiger partial charge on any atom is -0.469 e. The number of carbonyl (C=O) groups excluding carboxylic acids is 1. The fourth-order valence-corrected chi connectivity index (χ4v) is 7.16. The summed E-state index contributed by atoms with van der Waals surface area (Å²) in [6, 6.07) is 8.89. The molecule has 0 bridgehead atoms. The first-order valence-corrected chi connectivity index (χ1v) is 14.5. The lowest BCUT2D eigenvalue weighted by atomic mass is 9.82. The van der Waals surface area contributed by atoms with Crippen molar-refractivity contribution >= 4 is 23.0 Å². The van der Waals surface area contributed by atoms with Crippen LogP contribution < -0.4 is 4.90 Å². The number of ether oxygens (including phenoxy) is 1. The highest BCUT2D eigenvalue weighted by Gasteiger charge is 2.29. The van der Waals surface area contributed by atoms with Crippen molar-refractivity contribution in [3.05, 3.63) is 29.3 Å². The molecule has 3 fully saturated rings. The molecule has 0 N–H and O–H groups in total. The second kappa shape index (κ2) is 11.8. The van der Waals surface area contributed by atoms with Crippen molar-refractivity contribution in [1.82, 2.24) is 15.1 Å². The lowest BCUT2D eigenvalue weighted by Gasteiger charge is -2.37. The molecule has 0 unspecified atom stereocenters. The van der Waals surface area contributed by atoms with Crippen LogP contribution in [0.4, 0.5) is 5.69 Å². The third-order valence-electron chi connectivity index (χ3n) is 8.48. The number of hydrogen-bond acceptors (Lipinski definition) is 7. The molecule has 2 heterocycles. The van der Waals surface area contributed by atoms with Crippen molar-refractivity contribution in [2.75, 3.05) is 44.7 Å². The number of rotatable bonds is 7. The van der Waals surface area contributed by atoms with E-state index in [1.54, 1.807) is 11.3 Å². The molecule has 2 saturated carbocycles. The maximum Gasteiger partial charge on any atom is 0.308 e. The molecule has 0 spiro atoms. The van der Waals surface area contributed by atoms with Crippen LogP contribution in [-0.2, 0) is 9.53 Å². The van der Waals surface area contributed by atoms with Crippen LogP contribution in [0.15, 0.2) is 24.3 Å². The van der Waals surface area contributed by atoms with Gasteiger partial charge in [0.25, 0.3) is 0 Å². The molecule has 1 aromatic carbocycles. The molecule has 0 radical (unpaired) electrons. The molecule has 35 heavy (non-hydrogen) atoms. The molecule has 1 aliphatic heterocycles. The molecule has 5 rings (SSSR count). The van der Waals surface area contributed by atoms with E-state index in [1.165, 1.54) is 71.0 Å². The highest BCUT2D eigenvalue weighted by atomic mass is 32.1. The third kappa shape index (κ3) is 6.23. The SMILES string of the molecule is COC(=O)C1CCC(c2nnc(-c3ccc(N4CCN(CCC5CCCCC5)CC4)cc3)s2)CC1. The van der Waals surface area contributed by atoms with Gasteiger partial charge in [-0.15, -0.1) is 10.2 Å². The van der Waals surface area contributed by atoms with Crippen molar-refractivity contribution < 1.29 is 9.53 Å². The number of carbonyl (C=O) groups is 1. The summed E-state index contributed by atoms with van der Waals surface area (Å²) in [5, 5.41) is 11.1. The third-order valence-corrected chi connectivity index (χ3v) is 9.62. The van der Waals surface area contributed by atoms with E-state index in [1.807, 2.05) is 0 Å². The Morgan fingerprint density at radius 1 is 0.943 bits per heavy atom. The topological polar surface area (TPSA) is 58.6 Å². The number of esters is 1. The second-order valence-electron chi connectivity index (χ2n) is 10.7. The van der Waals surface area contributed by atoms with E-state index < -0.39 is 0 Å². The average molecular weight is 497 g/mol. The van der Waals surface area contributed by atoms with Crippen LogP contribution in [0.5, 0.6) is 0 Å². The van der Waals surface area contributed by atoms with Crippen molar-refractivity contribution in [2.24, 2.45) is 11.8 Å². The molecular weight excluding hydrogens is 456 g/mol. The van der Waals surface area contributed by atoms with Gasteiger partial charge in [-0.2, -0.15) is 0 Å². The maximum atomic E-state index is 11.8. The predicted octanol–water partition coefficient (Wildman–Crippen LogP) is 5.74. The number of methoxy groups -OCH3 is 1. The smallest absolute Gasteiger partial charge is 0.308 e. The quantitative estimate of drug-likeness (QED) is 0.455. The summed E-state index contributed by atoms with van der Waals surface area (Å²) >= 11 is 1.71. The fraction of sp³-hybridized carbons (Fsp3) is 0.679. The zero-order chi connectivity index (χ0) is 24.0. The van der Waals surface area contributed by atoms with Gasteiger partial charge in [-0.25, -0.2) is 0 Å². The van der Waals surface area contributed by atoms with Crippen molar-refractivity contribution in [1.29, 1.82) is 0 Å². The van der Waals surface area contributed by atoms with Gasteiger partial charge in [-0.3, -0.25) is 9.69 Å². The molecule has 3 aliphatic rings. The minimum atomic E-state index is -0.0673. The van der Waals surface area contributed by atoms with Gasteiger partial charge in [0.15, 0.2) is 0 Å². The van der Waals surface area contributed by atoms with E-state index in [0.29, 0.717) is 5.92 Å². The summed E-state index contributed by atoms with van der Waals surface area (Å²) in [7, 11) is 1.48. The van der Waals surface area contributed by atoms with E-state index in [2.05, 4.69) is 44.3 Å². The number of anilines is 1. The van der Waals surface area contributed by atoms with Crippen molar-refractivity contribution in [2.45, 2.75) is 70.1 Å². The summed E-state index contributed by atoms with van der Waals surface area (Å²) < 4.78 is 4.91. The first-order chi connectivity index (χ1) is 17.2. The Hall–Kier alpha value is -1.99. The molecule has 2 aliphatic carbocycles. The Labute approximate surface area is 214 Å². The first-order valence-electron chi connectivity index (χ1n) is 13.7. The lowest BCUT2D eigenvalue weighted by molar-refractivity contribution is -0.146. The van der Waals surface area contributed by atoms with Crippen LogP contribution in [0.2, 0.25) is 0 Å². The summed E-state index contributed by atoms with van der Waals surface area (Å²) in [5.41, 5.74) is 2.46. The van der Waals surface area contributed by atoms with Crippen LogP contribution in [-0.4, -0.2) is 60.9 Å². The van der Waals surface area contributed by atoms with Gasteiger partial charge in [-0.05, 0) is 68.8 Å². The van der Waals surface area contributed by atoms with Crippen LogP contribution in [0.25, 0.3) is 10.6 Å². The molecule has 190 valence electrons. The number of piperazine rings is 1. The van der Waals surface area contributed by atoms with Gasteiger partial charge in [-0.1, -0.05) is 43.4 Å². The molecule has 0 amide bonds. The zero-order valence-electron chi connectivity index (χ0n) is 21.2. The Bertz CT molecular complexity index is 940. The number of benzene rings is 1. The Balaban J connectivity index is 1.10. The summed E-state index contributed by atoms with van der Waals surface area (Å²) in [6.07, 6.45) is 12.4. The van der Waals surface area contributed by atoms with Crippen LogP contribution in [0.1, 0.15) is 75.1 Å². The van der Waals surface area contributed by atoms with E-state index in [9.17, 15) is 4.79 Å². The molecular formula is C28H40N4O2S. The van der Waals surface area contributed by atoms with Gasteiger partial charge in [0, 0.05) is 43.3 Å². The zero-order valence-corrected chi connectivity index (χ0v) is 22.0. The van der Waals surface area contributed by atoms with Crippen molar-refractivity contribution in [3.63, 3.8) is 0 Å². The van der Waals surface area contributed by atoms with Gasteiger partial charge < -0.3 is 9.64 Å². The van der Waals surface area contributed by atoms with Gasteiger partial charge in [0.05, 0.1) is 13.0 Å². The molecule has 0 atom stereocenters. The normalized spacial score (nSPS) is 24.4. The van der Waals surface area contributed by atoms with Gasteiger partial charge in [0.1, 0.15) is 10.0 Å². The maximum absolute atomic E-state index is 11.8. The van der Waals surface area contributed by atoms with Crippen LogP contribution in [0.3, 0.4) is 0 Å². The number of hydrogen-bond donors (Lipinski definition) is 0. The summed E-state index contributed by atoms with van der Waals surface area (Å²) in [5.74, 6) is 1.37. The highest BCUT2D eigenvalue weighted by Crippen LogP contribution is 2.39. The number of nitrogens with zero attached hydrogens (tertiary/aromatic N) is 4. The highest BCUT2D eigenvalue weighted by molar-refractivity contribution is 7.14.